The molecule has 0 amide bonds. The molecule has 0 aromatic rings. The molecule has 0 aromatic carbocycles. The Hall–Kier alpha value is 0.500. The number of piperidine rings is 1. The van der Waals surface area contributed by atoms with Crippen LogP contribution in [0.25, 0.3) is 0 Å². The quantitative estimate of drug-likeness (QED) is 0.815. The summed E-state index contributed by atoms with van der Waals surface area (Å²) in [6.07, 6.45) is 5.38. The Morgan fingerprint density at radius 2 is 2.07 bits per heavy atom. The van der Waals surface area contributed by atoms with Crippen LogP contribution in [0.1, 0.15) is 32.6 Å². The molecule has 0 saturated carbocycles. The highest BCUT2D eigenvalue weighted by Gasteiger charge is 2.16. The number of halogens is 2. The molecule has 1 rings (SSSR count). The molecule has 1 fully saturated rings. The topological polar surface area (TPSA) is 15.3 Å². The lowest BCUT2D eigenvalue weighted by atomic mass is 10.1. The SMILES string of the molecule is CCCCN(C)C1CCCNC1.Cl.Cl. The largest absolute Gasteiger partial charge is 0.315 e. The first-order chi connectivity index (χ1) is 5.84. The lowest BCUT2D eigenvalue weighted by Crippen LogP contribution is -2.44. The van der Waals surface area contributed by atoms with Crippen LogP contribution in [0.5, 0.6) is 0 Å². The maximum atomic E-state index is 3.45. The molecule has 0 spiro atoms. The summed E-state index contributed by atoms with van der Waals surface area (Å²) in [5.74, 6) is 0. The Morgan fingerprint density at radius 1 is 1.36 bits per heavy atom. The van der Waals surface area contributed by atoms with Gasteiger partial charge >= 0.3 is 0 Å². The predicted molar refractivity (Wildman–Crippen MR) is 67.9 cm³/mol. The van der Waals surface area contributed by atoms with E-state index in [1.54, 1.807) is 0 Å². The summed E-state index contributed by atoms with van der Waals surface area (Å²) >= 11 is 0. The van der Waals surface area contributed by atoms with Gasteiger partial charge in [-0.25, -0.2) is 0 Å². The van der Waals surface area contributed by atoms with Crippen molar-refractivity contribution < 1.29 is 0 Å². The van der Waals surface area contributed by atoms with Crippen molar-refractivity contribution in [1.82, 2.24) is 10.2 Å². The van der Waals surface area contributed by atoms with E-state index in [2.05, 4.69) is 24.2 Å². The standard InChI is InChI=1S/C10H22N2.2ClH/c1-3-4-8-12(2)10-6-5-7-11-9-10;;/h10-11H,3-9H2,1-2H3;2*1H. The molecule has 1 heterocycles. The van der Waals surface area contributed by atoms with Gasteiger partial charge in [0, 0.05) is 12.6 Å². The number of hydrogen-bond donors (Lipinski definition) is 1. The average Bonchev–Trinajstić information content (AvgIpc) is 2.15. The van der Waals surface area contributed by atoms with Gasteiger partial charge in [0.2, 0.25) is 0 Å². The van der Waals surface area contributed by atoms with Gasteiger partial charge in [0.1, 0.15) is 0 Å². The Bertz CT molecular complexity index is 117. The van der Waals surface area contributed by atoms with Crippen LogP contribution in [0.2, 0.25) is 0 Å². The lowest BCUT2D eigenvalue weighted by Gasteiger charge is -2.31. The van der Waals surface area contributed by atoms with Gasteiger partial charge < -0.3 is 10.2 Å². The molecule has 0 radical (unpaired) electrons. The van der Waals surface area contributed by atoms with E-state index in [4.69, 9.17) is 0 Å². The number of likely N-dealkylation sites (N-methyl/N-ethyl adjacent to an activating group) is 1. The van der Waals surface area contributed by atoms with Gasteiger partial charge in [0.25, 0.3) is 0 Å². The normalized spacial score (nSPS) is 21.2. The smallest absolute Gasteiger partial charge is 0.0218 e. The molecule has 1 aliphatic rings. The molecule has 1 aliphatic heterocycles. The lowest BCUT2D eigenvalue weighted by molar-refractivity contribution is 0.201. The second kappa shape index (κ2) is 10.0. The van der Waals surface area contributed by atoms with E-state index in [0.29, 0.717) is 0 Å². The zero-order valence-corrected chi connectivity index (χ0v) is 10.9. The Morgan fingerprint density at radius 3 is 2.57 bits per heavy atom. The summed E-state index contributed by atoms with van der Waals surface area (Å²) in [7, 11) is 2.26. The van der Waals surface area contributed by atoms with Gasteiger partial charge in [0.15, 0.2) is 0 Å². The molecule has 1 saturated heterocycles. The minimum atomic E-state index is 0. The Balaban J connectivity index is 0. The molecule has 0 aromatic heterocycles. The summed E-state index contributed by atoms with van der Waals surface area (Å²) < 4.78 is 0. The minimum Gasteiger partial charge on any atom is -0.315 e. The fraction of sp³-hybridized carbons (Fsp3) is 1.00. The number of nitrogens with one attached hydrogen (secondary N) is 1. The maximum absolute atomic E-state index is 3.45. The first-order valence-corrected chi connectivity index (χ1v) is 5.25. The molecule has 0 aliphatic carbocycles. The van der Waals surface area contributed by atoms with Gasteiger partial charge in [0.05, 0.1) is 0 Å². The molecule has 88 valence electrons. The molecule has 1 N–H and O–H groups in total. The minimum absolute atomic E-state index is 0. The van der Waals surface area contributed by atoms with Crippen molar-refractivity contribution in [3.05, 3.63) is 0 Å². The van der Waals surface area contributed by atoms with E-state index >= 15 is 0 Å². The van der Waals surface area contributed by atoms with Crippen molar-refractivity contribution >= 4 is 24.8 Å². The third-order valence-corrected chi connectivity index (χ3v) is 2.76. The monoisotopic (exact) mass is 242 g/mol. The van der Waals surface area contributed by atoms with Crippen molar-refractivity contribution in [2.24, 2.45) is 0 Å². The van der Waals surface area contributed by atoms with Crippen LogP contribution in [0.4, 0.5) is 0 Å². The van der Waals surface area contributed by atoms with E-state index in [0.717, 1.165) is 6.04 Å². The summed E-state index contributed by atoms with van der Waals surface area (Å²) in [4.78, 5) is 2.51. The van der Waals surface area contributed by atoms with Crippen molar-refractivity contribution in [2.45, 2.75) is 38.6 Å². The number of unbranched alkanes of at least 4 members (excludes halogenated alkanes) is 1. The molecule has 2 nitrogen and oxygen atoms in total. The average molecular weight is 243 g/mol. The zero-order chi connectivity index (χ0) is 8.81. The molecule has 0 bridgehead atoms. The third kappa shape index (κ3) is 6.07. The summed E-state index contributed by atoms with van der Waals surface area (Å²) in [5, 5.41) is 3.45. The fourth-order valence-electron chi connectivity index (χ4n) is 1.80. The van der Waals surface area contributed by atoms with Crippen LogP contribution >= 0.6 is 24.8 Å². The van der Waals surface area contributed by atoms with E-state index in [1.165, 1.54) is 45.3 Å². The predicted octanol–water partition coefficient (Wildman–Crippen LogP) is 2.31. The van der Waals surface area contributed by atoms with Crippen LogP contribution in [0.15, 0.2) is 0 Å². The van der Waals surface area contributed by atoms with Gasteiger partial charge in [-0.3, -0.25) is 0 Å². The van der Waals surface area contributed by atoms with Crippen molar-refractivity contribution in [2.75, 3.05) is 26.7 Å². The van der Waals surface area contributed by atoms with Crippen LogP contribution in [-0.4, -0.2) is 37.6 Å². The summed E-state index contributed by atoms with van der Waals surface area (Å²) in [5.41, 5.74) is 0. The second-order valence-electron chi connectivity index (χ2n) is 3.83. The molecular weight excluding hydrogens is 219 g/mol. The molecular formula is C10H24Cl2N2. The molecule has 4 heteroatoms. The number of hydrogen-bond acceptors (Lipinski definition) is 2. The summed E-state index contributed by atoms with van der Waals surface area (Å²) in [6, 6.07) is 0.797. The molecule has 14 heavy (non-hydrogen) atoms. The first kappa shape index (κ1) is 16.9. The Kier molecular flexibility index (Phi) is 12.1. The Labute approximate surface area is 101 Å². The van der Waals surface area contributed by atoms with E-state index < -0.39 is 0 Å². The summed E-state index contributed by atoms with van der Waals surface area (Å²) in [6.45, 7) is 5.94. The van der Waals surface area contributed by atoms with Crippen LogP contribution < -0.4 is 5.32 Å². The van der Waals surface area contributed by atoms with E-state index in [-0.39, 0.29) is 24.8 Å². The van der Waals surface area contributed by atoms with Crippen LogP contribution in [0.3, 0.4) is 0 Å². The molecule has 1 unspecified atom stereocenters. The fourth-order valence-corrected chi connectivity index (χ4v) is 1.80. The van der Waals surface area contributed by atoms with Crippen molar-refractivity contribution in [3.8, 4) is 0 Å². The van der Waals surface area contributed by atoms with Gasteiger partial charge in [-0.05, 0) is 39.4 Å². The third-order valence-electron chi connectivity index (χ3n) is 2.76. The maximum Gasteiger partial charge on any atom is 0.0218 e. The first-order valence-electron chi connectivity index (χ1n) is 5.25. The number of nitrogens with zero attached hydrogens (tertiary/aromatic N) is 1. The zero-order valence-electron chi connectivity index (χ0n) is 9.29. The van der Waals surface area contributed by atoms with Gasteiger partial charge in [-0.15, -0.1) is 24.8 Å². The van der Waals surface area contributed by atoms with Gasteiger partial charge in [-0.2, -0.15) is 0 Å². The number of rotatable bonds is 4. The van der Waals surface area contributed by atoms with Crippen LogP contribution in [0, 0.1) is 0 Å². The van der Waals surface area contributed by atoms with E-state index in [9.17, 15) is 0 Å². The second-order valence-corrected chi connectivity index (χ2v) is 3.83. The van der Waals surface area contributed by atoms with Crippen molar-refractivity contribution in [3.63, 3.8) is 0 Å². The van der Waals surface area contributed by atoms with E-state index in [1.807, 2.05) is 0 Å². The van der Waals surface area contributed by atoms with Crippen molar-refractivity contribution in [1.29, 1.82) is 0 Å². The highest BCUT2D eigenvalue weighted by molar-refractivity contribution is 5.85. The highest BCUT2D eigenvalue weighted by Crippen LogP contribution is 2.08. The highest BCUT2D eigenvalue weighted by atomic mass is 35.5. The van der Waals surface area contributed by atoms with Crippen LogP contribution in [-0.2, 0) is 0 Å². The molecule has 1 atom stereocenters. The van der Waals surface area contributed by atoms with Gasteiger partial charge in [-0.1, -0.05) is 13.3 Å².